The first kappa shape index (κ1) is 19.6. The summed E-state index contributed by atoms with van der Waals surface area (Å²) in [6.07, 6.45) is 6.50. The fraction of sp³-hybridized carbons (Fsp3) is 0.318. The second-order valence-corrected chi connectivity index (χ2v) is 9.61. The van der Waals surface area contributed by atoms with Crippen molar-refractivity contribution in [3.05, 3.63) is 71.6 Å². The average molecular weight is 415 g/mol. The van der Waals surface area contributed by atoms with Gasteiger partial charge in [0, 0.05) is 12.6 Å². The Kier molecular flexibility index (Phi) is 5.17. The molecule has 29 heavy (non-hydrogen) atoms. The van der Waals surface area contributed by atoms with Gasteiger partial charge >= 0.3 is 0 Å². The summed E-state index contributed by atoms with van der Waals surface area (Å²) in [5.41, 5.74) is 1.95. The molecule has 0 spiro atoms. The van der Waals surface area contributed by atoms with Gasteiger partial charge in [0.1, 0.15) is 5.82 Å². The number of halogens is 1. The number of nitrogens with one attached hydrogen (secondary N) is 1. The lowest BCUT2D eigenvalue weighted by Crippen LogP contribution is -2.50. The van der Waals surface area contributed by atoms with Crippen LogP contribution in [0, 0.1) is 5.82 Å². The third kappa shape index (κ3) is 4.05. The van der Waals surface area contributed by atoms with E-state index in [4.69, 9.17) is 0 Å². The van der Waals surface area contributed by atoms with E-state index in [1.165, 1.54) is 22.5 Å². The maximum Gasteiger partial charge on any atom is 0.244 e. The fourth-order valence-electron chi connectivity index (χ4n) is 3.92. The summed E-state index contributed by atoms with van der Waals surface area (Å²) < 4.78 is 38.6. The SMILES string of the molecule is O=C(/C=C/c1ccc(N2CCCS2(=O)=O)cc1)NC1(c2ccc(F)cc2)CCC1. The van der Waals surface area contributed by atoms with E-state index < -0.39 is 15.6 Å². The third-order valence-corrected chi connectivity index (χ3v) is 7.54. The number of hydrogen-bond acceptors (Lipinski definition) is 3. The molecule has 152 valence electrons. The first-order valence-corrected chi connectivity index (χ1v) is 11.4. The predicted molar refractivity (Wildman–Crippen MR) is 111 cm³/mol. The van der Waals surface area contributed by atoms with E-state index in [1.807, 2.05) is 0 Å². The minimum absolute atomic E-state index is 0.185. The number of nitrogens with zero attached hydrogens (tertiary/aromatic N) is 1. The molecule has 1 aliphatic carbocycles. The molecule has 2 aromatic rings. The maximum absolute atomic E-state index is 13.2. The number of hydrogen-bond donors (Lipinski definition) is 1. The lowest BCUT2D eigenvalue weighted by molar-refractivity contribution is -0.119. The van der Waals surface area contributed by atoms with Gasteiger partial charge in [-0.3, -0.25) is 9.10 Å². The van der Waals surface area contributed by atoms with Crippen molar-refractivity contribution in [2.45, 2.75) is 31.2 Å². The molecule has 0 aromatic heterocycles. The van der Waals surface area contributed by atoms with E-state index in [0.29, 0.717) is 18.7 Å². The number of carbonyl (C=O) groups excluding carboxylic acids is 1. The van der Waals surface area contributed by atoms with Gasteiger partial charge in [-0.15, -0.1) is 0 Å². The molecule has 0 atom stereocenters. The van der Waals surface area contributed by atoms with Crippen LogP contribution in [0.1, 0.15) is 36.8 Å². The zero-order valence-corrected chi connectivity index (χ0v) is 16.8. The summed E-state index contributed by atoms with van der Waals surface area (Å²) in [5, 5.41) is 3.07. The van der Waals surface area contributed by atoms with Gasteiger partial charge < -0.3 is 5.32 Å². The predicted octanol–water partition coefficient (Wildman–Crippen LogP) is 3.57. The Morgan fingerprint density at radius 2 is 1.72 bits per heavy atom. The van der Waals surface area contributed by atoms with Gasteiger partial charge in [-0.1, -0.05) is 24.3 Å². The molecule has 4 rings (SSSR count). The molecule has 1 saturated heterocycles. The number of anilines is 1. The van der Waals surface area contributed by atoms with Gasteiger partial charge in [-0.05, 0) is 67.2 Å². The van der Waals surface area contributed by atoms with Crippen molar-refractivity contribution in [2.24, 2.45) is 0 Å². The largest absolute Gasteiger partial charge is 0.343 e. The van der Waals surface area contributed by atoms with Crippen LogP contribution < -0.4 is 9.62 Å². The Balaban J connectivity index is 1.42. The molecule has 2 aliphatic rings. The molecular weight excluding hydrogens is 391 g/mol. The van der Waals surface area contributed by atoms with Crippen molar-refractivity contribution in [1.82, 2.24) is 5.32 Å². The summed E-state index contributed by atoms with van der Waals surface area (Å²) in [6.45, 7) is 0.505. The molecule has 1 saturated carbocycles. The van der Waals surface area contributed by atoms with Gasteiger partial charge in [0.25, 0.3) is 0 Å². The lowest BCUT2D eigenvalue weighted by atomic mass is 9.71. The van der Waals surface area contributed by atoms with Crippen LogP contribution in [-0.4, -0.2) is 26.6 Å². The van der Waals surface area contributed by atoms with Gasteiger partial charge in [-0.2, -0.15) is 0 Å². The van der Waals surface area contributed by atoms with Crippen molar-refractivity contribution in [3.8, 4) is 0 Å². The number of amides is 1. The van der Waals surface area contributed by atoms with Gasteiger partial charge in [0.15, 0.2) is 0 Å². The summed E-state index contributed by atoms with van der Waals surface area (Å²) in [7, 11) is -3.20. The normalized spacial score (nSPS) is 19.8. The van der Waals surface area contributed by atoms with Gasteiger partial charge in [0.2, 0.25) is 15.9 Å². The van der Waals surface area contributed by atoms with Crippen LogP contribution in [0.4, 0.5) is 10.1 Å². The van der Waals surface area contributed by atoms with Crippen molar-refractivity contribution >= 4 is 27.7 Å². The molecule has 1 amide bonds. The zero-order chi connectivity index (χ0) is 20.5. The Hall–Kier alpha value is -2.67. The quantitative estimate of drug-likeness (QED) is 0.761. The molecule has 0 radical (unpaired) electrons. The van der Waals surface area contributed by atoms with Crippen LogP contribution in [-0.2, 0) is 20.4 Å². The minimum Gasteiger partial charge on any atom is -0.343 e. The number of benzene rings is 2. The Bertz CT molecular complexity index is 1030. The lowest BCUT2D eigenvalue weighted by Gasteiger charge is -2.43. The van der Waals surface area contributed by atoms with Crippen LogP contribution in [0.3, 0.4) is 0 Å². The highest BCUT2D eigenvalue weighted by molar-refractivity contribution is 7.93. The summed E-state index contributed by atoms with van der Waals surface area (Å²) >= 11 is 0. The zero-order valence-electron chi connectivity index (χ0n) is 16.0. The first-order chi connectivity index (χ1) is 13.9. The number of rotatable bonds is 5. The second kappa shape index (κ2) is 7.63. The average Bonchev–Trinajstić information content (AvgIpc) is 3.03. The Morgan fingerprint density at radius 1 is 1.03 bits per heavy atom. The number of sulfonamides is 1. The van der Waals surface area contributed by atoms with E-state index in [9.17, 15) is 17.6 Å². The van der Waals surface area contributed by atoms with Gasteiger partial charge in [-0.25, -0.2) is 12.8 Å². The standard InChI is InChI=1S/C22H23FN2O3S/c23-19-8-6-18(7-9-19)22(13-1-14-22)24-21(26)12-5-17-3-10-20(11-4-17)25-15-2-16-29(25,27)28/h3-12H,1-2,13-16H2,(H,24,26)/b12-5+. The molecule has 0 unspecified atom stereocenters. The van der Waals surface area contributed by atoms with E-state index in [1.54, 1.807) is 42.5 Å². The second-order valence-electron chi connectivity index (χ2n) is 7.60. The molecule has 0 bridgehead atoms. The summed E-state index contributed by atoms with van der Waals surface area (Å²) in [4.78, 5) is 12.5. The van der Waals surface area contributed by atoms with Crippen LogP contribution in [0.2, 0.25) is 0 Å². The smallest absolute Gasteiger partial charge is 0.244 e. The Morgan fingerprint density at radius 3 is 2.28 bits per heavy atom. The first-order valence-electron chi connectivity index (χ1n) is 9.75. The highest BCUT2D eigenvalue weighted by atomic mass is 32.2. The van der Waals surface area contributed by atoms with E-state index in [0.717, 1.165) is 30.4 Å². The Labute approximate surface area is 170 Å². The highest BCUT2D eigenvalue weighted by Crippen LogP contribution is 2.41. The number of carbonyl (C=O) groups is 1. The molecule has 2 fully saturated rings. The third-order valence-electron chi connectivity index (χ3n) is 5.67. The van der Waals surface area contributed by atoms with E-state index >= 15 is 0 Å². The summed E-state index contributed by atoms with van der Waals surface area (Å²) in [5.74, 6) is -0.315. The van der Waals surface area contributed by atoms with Crippen molar-refractivity contribution < 1.29 is 17.6 Å². The van der Waals surface area contributed by atoms with E-state index in [2.05, 4.69) is 5.32 Å². The van der Waals surface area contributed by atoms with Gasteiger partial charge in [0.05, 0.1) is 17.0 Å². The fourth-order valence-corrected chi connectivity index (χ4v) is 5.48. The van der Waals surface area contributed by atoms with Crippen molar-refractivity contribution in [2.75, 3.05) is 16.6 Å². The molecule has 2 aromatic carbocycles. The molecule has 1 heterocycles. The molecule has 1 aliphatic heterocycles. The van der Waals surface area contributed by atoms with Crippen LogP contribution >= 0.6 is 0 Å². The van der Waals surface area contributed by atoms with Crippen LogP contribution in [0.25, 0.3) is 6.08 Å². The monoisotopic (exact) mass is 414 g/mol. The molecular formula is C22H23FN2O3S. The molecule has 7 heteroatoms. The van der Waals surface area contributed by atoms with Crippen molar-refractivity contribution in [3.63, 3.8) is 0 Å². The maximum atomic E-state index is 13.2. The highest BCUT2D eigenvalue weighted by Gasteiger charge is 2.39. The minimum atomic E-state index is -3.20. The topological polar surface area (TPSA) is 66.5 Å². The van der Waals surface area contributed by atoms with Crippen LogP contribution in [0.5, 0.6) is 0 Å². The molecule has 1 N–H and O–H groups in total. The summed E-state index contributed by atoms with van der Waals surface area (Å²) in [6, 6.07) is 13.4. The van der Waals surface area contributed by atoms with E-state index in [-0.39, 0.29) is 17.5 Å². The molecule has 5 nitrogen and oxygen atoms in total. The van der Waals surface area contributed by atoms with Crippen molar-refractivity contribution in [1.29, 1.82) is 0 Å². The van der Waals surface area contributed by atoms with Crippen LogP contribution in [0.15, 0.2) is 54.6 Å².